The van der Waals surface area contributed by atoms with Crippen LogP contribution in [0.5, 0.6) is 0 Å². The minimum atomic E-state index is -4.43. The van der Waals surface area contributed by atoms with E-state index in [1.54, 1.807) is 13.8 Å². The van der Waals surface area contributed by atoms with E-state index in [0.29, 0.717) is 31.7 Å². The quantitative estimate of drug-likeness (QED) is 0.635. The van der Waals surface area contributed by atoms with Crippen LogP contribution in [-0.2, 0) is 11.0 Å². The maximum atomic E-state index is 14.5. The second-order valence-corrected chi connectivity index (χ2v) is 8.94. The molecule has 1 aromatic carbocycles. The van der Waals surface area contributed by atoms with Crippen molar-refractivity contribution >= 4 is 11.6 Å². The van der Waals surface area contributed by atoms with Gasteiger partial charge in [0, 0.05) is 12.2 Å². The van der Waals surface area contributed by atoms with Crippen molar-refractivity contribution in [1.29, 1.82) is 0 Å². The number of hydrogen-bond acceptors (Lipinski definition) is 2. The molecule has 2 aliphatic carbocycles. The molecule has 0 spiro atoms. The normalized spacial score (nSPS) is 27.5. The SMILES string of the molecule is CC(C)(Nc1cccc(C(F)(F)F)c1)C(=O)NCCC1C[C@@H]2CC[C@@](F)(C1)C2. The highest BCUT2D eigenvalue weighted by molar-refractivity contribution is 5.88. The van der Waals surface area contributed by atoms with Crippen molar-refractivity contribution in [3.8, 4) is 0 Å². The van der Waals surface area contributed by atoms with Crippen LogP contribution in [0.25, 0.3) is 0 Å². The van der Waals surface area contributed by atoms with Crippen LogP contribution in [0, 0.1) is 11.8 Å². The van der Waals surface area contributed by atoms with Crippen molar-refractivity contribution in [2.75, 3.05) is 11.9 Å². The molecule has 3 atom stereocenters. The number of halogens is 4. The summed E-state index contributed by atoms with van der Waals surface area (Å²) in [6, 6.07) is 4.80. The Morgan fingerprint density at radius 2 is 2.00 bits per heavy atom. The third kappa shape index (κ3) is 4.97. The predicted molar refractivity (Wildman–Crippen MR) is 101 cm³/mol. The van der Waals surface area contributed by atoms with Gasteiger partial charge in [-0.05, 0) is 82.4 Å². The van der Waals surface area contributed by atoms with Crippen molar-refractivity contribution < 1.29 is 22.4 Å². The first-order chi connectivity index (χ1) is 13.0. The van der Waals surface area contributed by atoms with Gasteiger partial charge in [0.05, 0.1) is 5.56 Å². The largest absolute Gasteiger partial charge is 0.416 e. The van der Waals surface area contributed by atoms with E-state index in [4.69, 9.17) is 0 Å². The molecular formula is C21H28F4N2O. The van der Waals surface area contributed by atoms with E-state index in [1.807, 2.05) is 0 Å². The summed E-state index contributed by atoms with van der Waals surface area (Å²) in [7, 11) is 0. The van der Waals surface area contributed by atoms with Crippen LogP contribution >= 0.6 is 0 Å². The Labute approximate surface area is 163 Å². The topological polar surface area (TPSA) is 41.1 Å². The van der Waals surface area contributed by atoms with Gasteiger partial charge in [0.15, 0.2) is 0 Å². The molecule has 2 saturated carbocycles. The van der Waals surface area contributed by atoms with E-state index in [9.17, 15) is 22.4 Å². The van der Waals surface area contributed by atoms with Crippen LogP contribution < -0.4 is 10.6 Å². The first-order valence-electron chi connectivity index (χ1n) is 9.90. The summed E-state index contributed by atoms with van der Waals surface area (Å²) in [5.74, 6) is 0.461. The molecule has 2 fully saturated rings. The zero-order valence-corrected chi connectivity index (χ0v) is 16.3. The molecule has 3 nitrogen and oxygen atoms in total. The fourth-order valence-electron chi connectivity index (χ4n) is 4.66. The number of amides is 1. The predicted octanol–water partition coefficient (Wildman–Crippen LogP) is 5.32. The van der Waals surface area contributed by atoms with E-state index in [0.717, 1.165) is 31.4 Å². The Hall–Kier alpha value is -1.79. The molecule has 1 amide bonds. The van der Waals surface area contributed by atoms with Gasteiger partial charge in [-0.3, -0.25) is 4.79 Å². The lowest BCUT2D eigenvalue weighted by atomic mass is 9.78. The van der Waals surface area contributed by atoms with E-state index in [-0.39, 0.29) is 17.5 Å². The molecule has 28 heavy (non-hydrogen) atoms. The summed E-state index contributed by atoms with van der Waals surface area (Å²) in [5.41, 5.74) is -2.61. The Kier molecular flexibility index (Phi) is 5.65. The van der Waals surface area contributed by atoms with Gasteiger partial charge in [0.1, 0.15) is 11.2 Å². The summed E-state index contributed by atoms with van der Waals surface area (Å²) in [4.78, 5) is 12.5. The van der Waals surface area contributed by atoms with Gasteiger partial charge < -0.3 is 10.6 Å². The zero-order valence-electron chi connectivity index (χ0n) is 16.3. The number of hydrogen-bond donors (Lipinski definition) is 2. The molecule has 3 rings (SSSR count). The molecule has 1 aromatic rings. The highest BCUT2D eigenvalue weighted by Gasteiger charge is 2.45. The van der Waals surface area contributed by atoms with Crippen molar-refractivity contribution in [1.82, 2.24) is 5.32 Å². The van der Waals surface area contributed by atoms with Gasteiger partial charge in [-0.2, -0.15) is 13.2 Å². The Balaban J connectivity index is 1.51. The maximum Gasteiger partial charge on any atom is 0.416 e. The Morgan fingerprint density at radius 1 is 1.25 bits per heavy atom. The fraction of sp³-hybridized carbons (Fsp3) is 0.667. The first kappa shape index (κ1) is 20.9. The molecule has 0 saturated heterocycles. The summed E-state index contributed by atoms with van der Waals surface area (Å²) in [5, 5.41) is 5.73. The molecular weight excluding hydrogens is 372 g/mol. The molecule has 156 valence electrons. The molecule has 7 heteroatoms. The summed E-state index contributed by atoms with van der Waals surface area (Å²) >= 11 is 0. The summed E-state index contributed by atoms with van der Waals surface area (Å²) < 4.78 is 53.1. The number of carbonyl (C=O) groups excluding carboxylic acids is 1. The smallest absolute Gasteiger partial charge is 0.372 e. The summed E-state index contributed by atoms with van der Waals surface area (Å²) in [6.07, 6.45) is 0.203. The van der Waals surface area contributed by atoms with Gasteiger partial charge in [0.2, 0.25) is 5.91 Å². The van der Waals surface area contributed by atoms with Crippen molar-refractivity contribution in [3.05, 3.63) is 29.8 Å². The lowest BCUT2D eigenvalue weighted by molar-refractivity contribution is -0.137. The first-order valence-corrected chi connectivity index (χ1v) is 9.90. The molecule has 0 heterocycles. The minimum Gasteiger partial charge on any atom is -0.372 e. The number of nitrogens with one attached hydrogen (secondary N) is 2. The number of carbonyl (C=O) groups is 1. The van der Waals surface area contributed by atoms with Crippen LogP contribution in [-0.4, -0.2) is 23.7 Å². The number of benzene rings is 1. The number of alkyl halides is 4. The average Bonchev–Trinajstić information content (AvgIpc) is 2.86. The van der Waals surface area contributed by atoms with Crippen LogP contribution in [0.4, 0.5) is 23.2 Å². The number of rotatable bonds is 6. The molecule has 0 aliphatic heterocycles. The standard InChI is InChI=1S/C21H28F4N2O/c1-19(2,27-17-5-3-4-16(11-17)21(23,24)25)18(28)26-9-7-15-10-14-6-8-20(22,12-14)13-15/h3-5,11,14-15,27H,6-10,12-13H2,1-2H3,(H,26,28)/t14-,15?,20-/m0/s1. The maximum absolute atomic E-state index is 14.5. The van der Waals surface area contributed by atoms with E-state index in [2.05, 4.69) is 10.6 Å². The number of anilines is 1. The van der Waals surface area contributed by atoms with E-state index >= 15 is 0 Å². The highest BCUT2D eigenvalue weighted by Crippen LogP contribution is 2.50. The second-order valence-electron chi connectivity index (χ2n) is 8.94. The molecule has 0 radical (unpaired) electrons. The lowest BCUT2D eigenvalue weighted by Gasteiger charge is -2.32. The van der Waals surface area contributed by atoms with Gasteiger partial charge in [-0.1, -0.05) is 6.07 Å². The van der Waals surface area contributed by atoms with Gasteiger partial charge in [-0.25, -0.2) is 4.39 Å². The van der Waals surface area contributed by atoms with Gasteiger partial charge >= 0.3 is 6.18 Å². The van der Waals surface area contributed by atoms with Crippen LogP contribution in [0.2, 0.25) is 0 Å². The molecule has 2 bridgehead atoms. The Morgan fingerprint density at radius 3 is 2.68 bits per heavy atom. The monoisotopic (exact) mass is 400 g/mol. The second kappa shape index (κ2) is 7.56. The van der Waals surface area contributed by atoms with Crippen LogP contribution in [0.15, 0.2) is 24.3 Å². The average molecular weight is 400 g/mol. The van der Waals surface area contributed by atoms with Crippen molar-refractivity contribution in [2.45, 2.75) is 69.8 Å². The Bertz CT molecular complexity index is 719. The van der Waals surface area contributed by atoms with E-state index in [1.165, 1.54) is 12.1 Å². The molecule has 2 N–H and O–H groups in total. The van der Waals surface area contributed by atoms with Crippen LogP contribution in [0.3, 0.4) is 0 Å². The molecule has 1 unspecified atom stereocenters. The fourth-order valence-corrected chi connectivity index (χ4v) is 4.66. The van der Waals surface area contributed by atoms with Gasteiger partial charge in [-0.15, -0.1) is 0 Å². The molecule has 2 aliphatic rings. The zero-order chi connectivity index (χ0) is 20.6. The molecule has 0 aromatic heterocycles. The number of fused-ring (bicyclic) bond motifs is 2. The third-order valence-corrected chi connectivity index (χ3v) is 6.03. The van der Waals surface area contributed by atoms with E-state index < -0.39 is 22.9 Å². The third-order valence-electron chi connectivity index (χ3n) is 6.03. The van der Waals surface area contributed by atoms with Gasteiger partial charge in [0.25, 0.3) is 0 Å². The summed E-state index contributed by atoms with van der Waals surface area (Å²) in [6.45, 7) is 3.69. The lowest BCUT2D eigenvalue weighted by Crippen LogP contribution is -2.48. The van der Waals surface area contributed by atoms with Crippen molar-refractivity contribution in [2.24, 2.45) is 11.8 Å². The highest BCUT2D eigenvalue weighted by atomic mass is 19.4. The minimum absolute atomic E-state index is 0.234. The van der Waals surface area contributed by atoms with Crippen LogP contribution in [0.1, 0.15) is 57.9 Å². The van der Waals surface area contributed by atoms with Crippen molar-refractivity contribution in [3.63, 3.8) is 0 Å².